The maximum atomic E-state index is 8.83. The molecule has 0 spiro atoms. The van der Waals surface area contributed by atoms with Gasteiger partial charge in [-0.15, -0.1) is 0 Å². The van der Waals surface area contributed by atoms with Crippen molar-refractivity contribution in [1.82, 2.24) is 0 Å². The molecule has 0 fully saturated rings. The monoisotopic (exact) mass is 174 g/mol. The SMILES string of the molecule is OCCC1=Cc2ccccc2CC1. The topological polar surface area (TPSA) is 20.2 Å². The van der Waals surface area contributed by atoms with Gasteiger partial charge < -0.3 is 5.11 Å². The fraction of sp³-hybridized carbons (Fsp3) is 0.333. The second kappa shape index (κ2) is 3.75. The lowest BCUT2D eigenvalue weighted by Gasteiger charge is -2.15. The van der Waals surface area contributed by atoms with E-state index in [1.807, 2.05) is 0 Å². The molecule has 1 heteroatoms. The van der Waals surface area contributed by atoms with Crippen LogP contribution in [0.3, 0.4) is 0 Å². The van der Waals surface area contributed by atoms with Crippen LogP contribution in [0.1, 0.15) is 24.0 Å². The third-order valence-electron chi connectivity index (χ3n) is 2.56. The van der Waals surface area contributed by atoms with E-state index in [1.165, 1.54) is 16.7 Å². The van der Waals surface area contributed by atoms with E-state index in [0.29, 0.717) is 0 Å². The number of benzene rings is 1. The lowest BCUT2D eigenvalue weighted by molar-refractivity contribution is 0.298. The number of aliphatic hydroxyl groups excluding tert-OH is 1. The predicted octanol–water partition coefficient (Wildman–Crippen LogP) is 2.40. The maximum Gasteiger partial charge on any atom is 0.0468 e. The van der Waals surface area contributed by atoms with Gasteiger partial charge in [-0.1, -0.05) is 35.9 Å². The largest absolute Gasteiger partial charge is 0.396 e. The molecule has 1 aliphatic rings. The molecule has 2 rings (SSSR count). The van der Waals surface area contributed by atoms with Crippen molar-refractivity contribution in [3.8, 4) is 0 Å². The smallest absolute Gasteiger partial charge is 0.0468 e. The molecule has 0 saturated heterocycles. The van der Waals surface area contributed by atoms with Crippen molar-refractivity contribution in [2.24, 2.45) is 0 Å². The minimum absolute atomic E-state index is 0.272. The van der Waals surface area contributed by atoms with Gasteiger partial charge >= 0.3 is 0 Å². The summed E-state index contributed by atoms with van der Waals surface area (Å²) in [6.45, 7) is 0.272. The number of hydrogen-bond donors (Lipinski definition) is 1. The Bertz CT molecular complexity index is 326. The fourth-order valence-corrected chi connectivity index (χ4v) is 1.83. The average Bonchev–Trinajstić information content (AvgIpc) is 2.18. The van der Waals surface area contributed by atoms with Gasteiger partial charge in [-0.3, -0.25) is 0 Å². The van der Waals surface area contributed by atoms with Gasteiger partial charge in [0.1, 0.15) is 0 Å². The van der Waals surface area contributed by atoms with Gasteiger partial charge in [-0.05, 0) is 30.4 Å². The highest BCUT2D eigenvalue weighted by Crippen LogP contribution is 2.24. The molecule has 0 heterocycles. The Kier molecular flexibility index (Phi) is 2.46. The second-order valence-electron chi connectivity index (χ2n) is 3.48. The molecule has 0 unspecified atom stereocenters. The van der Waals surface area contributed by atoms with Crippen LogP contribution in [0.2, 0.25) is 0 Å². The van der Waals surface area contributed by atoms with E-state index in [9.17, 15) is 0 Å². The molecule has 1 nitrogen and oxygen atoms in total. The molecule has 13 heavy (non-hydrogen) atoms. The molecular weight excluding hydrogens is 160 g/mol. The number of fused-ring (bicyclic) bond motifs is 1. The van der Waals surface area contributed by atoms with Crippen LogP contribution >= 0.6 is 0 Å². The van der Waals surface area contributed by atoms with Crippen LogP contribution in [0, 0.1) is 0 Å². The molecule has 1 aromatic rings. The molecule has 0 bridgehead atoms. The van der Waals surface area contributed by atoms with Crippen LogP contribution in [0.25, 0.3) is 6.08 Å². The molecule has 0 aliphatic heterocycles. The van der Waals surface area contributed by atoms with Crippen LogP contribution in [-0.2, 0) is 6.42 Å². The summed E-state index contributed by atoms with van der Waals surface area (Å²) in [4.78, 5) is 0. The summed E-state index contributed by atoms with van der Waals surface area (Å²) in [5.74, 6) is 0. The first-order chi connectivity index (χ1) is 6.40. The van der Waals surface area contributed by atoms with Crippen LogP contribution in [0.4, 0.5) is 0 Å². The molecule has 0 saturated carbocycles. The van der Waals surface area contributed by atoms with Crippen molar-refractivity contribution in [2.45, 2.75) is 19.3 Å². The Balaban J connectivity index is 2.28. The van der Waals surface area contributed by atoms with Gasteiger partial charge in [-0.2, -0.15) is 0 Å². The van der Waals surface area contributed by atoms with Crippen molar-refractivity contribution >= 4 is 6.08 Å². The van der Waals surface area contributed by atoms with E-state index in [4.69, 9.17) is 5.11 Å². The zero-order chi connectivity index (χ0) is 9.10. The Morgan fingerprint density at radius 2 is 2.00 bits per heavy atom. The van der Waals surface area contributed by atoms with Gasteiger partial charge in [0.15, 0.2) is 0 Å². The minimum Gasteiger partial charge on any atom is -0.396 e. The molecule has 1 aromatic carbocycles. The van der Waals surface area contributed by atoms with Crippen LogP contribution in [0.5, 0.6) is 0 Å². The quantitative estimate of drug-likeness (QED) is 0.730. The molecular formula is C12H14O. The van der Waals surface area contributed by atoms with Crippen LogP contribution in [-0.4, -0.2) is 11.7 Å². The van der Waals surface area contributed by atoms with Gasteiger partial charge in [0.2, 0.25) is 0 Å². The molecule has 0 atom stereocenters. The zero-order valence-electron chi connectivity index (χ0n) is 7.66. The van der Waals surface area contributed by atoms with Gasteiger partial charge in [-0.25, -0.2) is 0 Å². The lowest BCUT2D eigenvalue weighted by Crippen LogP contribution is -2.00. The Morgan fingerprint density at radius 3 is 2.85 bits per heavy atom. The molecule has 68 valence electrons. The standard InChI is InChI=1S/C12H14O/c13-8-7-10-5-6-11-3-1-2-4-12(11)9-10/h1-4,9,13H,5-8H2. The first-order valence-corrected chi connectivity index (χ1v) is 4.78. The van der Waals surface area contributed by atoms with Crippen LogP contribution < -0.4 is 0 Å². The van der Waals surface area contributed by atoms with E-state index < -0.39 is 0 Å². The summed E-state index contributed by atoms with van der Waals surface area (Å²) < 4.78 is 0. The van der Waals surface area contributed by atoms with Crippen molar-refractivity contribution in [3.63, 3.8) is 0 Å². The number of rotatable bonds is 2. The van der Waals surface area contributed by atoms with E-state index >= 15 is 0 Å². The highest BCUT2D eigenvalue weighted by Gasteiger charge is 2.08. The predicted molar refractivity (Wildman–Crippen MR) is 54.4 cm³/mol. The van der Waals surface area contributed by atoms with Crippen molar-refractivity contribution in [3.05, 3.63) is 41.0 Å². The molecule has 0 radical (unpaired) electrons. The highest BCUT2D eigenvalue weighted by molar-refractivity contribution is 5.59. The highest BCUT2D eigenvalue weighted by atomic mass is 16.2. The Morgan fingerprint density at radius 1 is 1.15 bits per heavy atom. The van der Waals surface area contributed by atoms with Crippen molar-refractivity contribution in [2.75, 3.05) is 6.61 Å². The van der Waals surface area contributed by atoms with Gasteiger partial charge in [0.25, 0.3) is 0 Å². The fourth-order valence-electron chi connectivity index (χ4n) is 1.83. The number of hydrogen-bond acceptors (Lipinski definition) is 1. The summed E-state index contributed by atoms with van der Waals surface area (Å²) in [5.41, 5.74) is 4.14. The average molecular weight is 174 g/mol. The first-order valence-electron chi connectivity index (χ1n) is 4.78. The number of aryl methyl sites for hydroxylation is 1. The summed E-state index contributed by atoms with van der Waals surface area (Å²) >= 11 is 0. The van der Waals surface area contributed by atoms with E-state index in [1.54, 1.807) is 0 Å². The van der Waals surface area contributed by atoms with Gasteiger partial charge in [0.05, 0.1) is 0 Å². The minimum atomic E-state index is 0.272. The Hall–Kier alpha value is -1.08. The summed E-state index contributed by atoms with van der Waals surface area (Å²) in [6, 6.07) is 8.48. The second-order valence-corrected chi connectivity index (χ2v) is 3.48. The van der Waals surface area contributed by atoms with E-state index in [-0.39, 0.29) is 6.61 Å². The zero-order valence-corrected chi connectivity index (χ0v) is 7.66. The molecule has 1 N–H and O–H groups in total. The molecule has 0 aromatic heterocycles. The van der Waals surface area contributed by atoms with E-state index in [0.717, 1.165) is 19.3 Å². The molecule has 0 amide bonds. The van der Waals surface area contributed by atoms with Crippen molar-refractivity contribution in [1.29, 1.82) is 0 Å². The lowest BCUT2D eigenvalue weighted by atomic mass is 9.91. The first kappa shape index (κ1) is 8.52. The van der Waals surface area contributed by atoms with E-state index in [2.05, 4.69) is 30.3 Å². The third kappa shape index (κ3) is 1.81. The maximum absolute atomic E-state index is 8.83. The van der Waals surface area contributed by atoms with Gasteiger partial charge in [0, 0.05) is 6.61 Å². The van der Waals surface area contributed by atoms with Crippen LogP contribution in [0.15, 0.2) is 29.8 Å². The summed E-state index contributed by atoms with van der Waals surface area (Å²) in [7, 11) is 0. The number of aliphatic hydroxyl groups is 1. The summed E-state index contributed by atoms with van der Waals surface area (Å²) in [5, 5.41) is 8.83. The normalized spacial score (nSPS) is 15.0. The molecule has 1 aliphatic carbocycles. The van der Waals surface area contributed by atoms with Crippen molar-refractivity contribution < 1.29 is 5.11 Å². The third-order valence-corrected chi connectivity index (χ3v) is 2.56. The Labute approximate surface area is 78.7 Å². The summed E-state index contributed by atoms with van der Waals surface area (Å²) in [6.07, 6.45) is 5.28.